The SMILES string of the molecule is Cc1nsc(SCCCCCO)n1. The van der Waals surface area contributed by atoms with Crippen LogP contribution in [-0.2, 0) is 0 Å². The molecule has 0 atom stereocenters. The standard InChI is InChI=1S/C8H14N2OS2/c1-7-9-8(13-10-7)12-6-4-2-3-5-11/h11H,2-6H2,1H3. The van der Waals surface area contributed by atoms with Crippen molar-refractivity contribution < 1.29 is 5.11 Å². The summed E-state index contributed by atoms with van der Waals surface area (Å²) in [5.74, 6) is 1.94. The molecule has 0 spiro atoms. The minimum atomic E-state index is 0.308. The van der Waals surface area contributed by atoms with E-state index in [2.05, 4.69) is 9.36 Å². The third-order valence-corrected chi connectivity index (χ3v) is 3.55. The summed E-state index contributed by atoms with van der Waals surface area (Å²) in [7, 11) is 0. The number of thioether (sulfide) groups is 1. The van der Waals surface area contributed by atoms with E-state index in [1.165, 1.54) is 11.5 Å². The van der Waals surface area contributed by atoms with Gasteiger partial charge in [0.2, 0.25) is 0 Å². The number of rotatable bonds is 6. The van der Waals surface area contributed by atoms with Crippen LogP contribution in [0.2, 0.25) is 0 Å². The number of aromatic nitrogens is 2. The molecule has 1 N–H and O–H groups in total. The predicted molar refractivity (Wildman–Crippen MR) is 56.3 cm³/mol. The second kappa shape index (κ2) is 6.34. The quantitative estimate of drug-likeness (QED) is 0.587. The van der Waals surface area contributed by atoms with E-state index in [1.54, 1.807) is 11.8 Å². The monoisotopic (exact) mass is 218 g/mol. The average molecular weight is 218 g/mol. The maximum Gasteiger partial charge on any atom is 0.170 e. The Kier molecular flexibility index (Phi) is 5.34. The zero-order valence-corrected chi connectivity index (χ0v) is 9.33. The maximum absolute atomic E-state index is 8.56. The van der Waals surface area contributed by atoms with Gasteiger partial charge in [-0.3, -0.25) is 0 Å². The van der Waals surface area contributed by atoms with Gasteiger partial charge < -0.3 is 5.11 Å². The van der Waals surface area contributed by atoms with Gasteiger partial charge in [-0.15, -0.1) is 0 Å². The molecule has 0 saturated heterocycles. The molecule has 0 unspecified atom stereocenters. The Labute approximate surface area is 86.8 Å². The van der Waals surface area contributed by atoms with Crippen molar-refractivity contribution in [1.29, 1.82) is 0 Å². The smallest absolute Gasteiger partial charge is 0.170 e. The lowest BCUT2D eigenvalue weighted by atomic mass is 10.3. The summed E-state index contributed by atoms with van der Waals surface area (Å²) >= 11 is 3.22. The summed E-state index contributed by atoms with van der Waals surface area (Å²) in [6.07, 6.45) is 3.15. The highest BCUT2D eigenvalue weighted by Gasteiger charge is 1.99. The van der Waals surface area contributed by atoms with Crippen LogP contribution in [-0.4, -0.2) is 26.8 Å². The number of unbranched alkanes of at least 4 members (excludes halogenated alkanes) is 2. The third-order valence-electron chi connectivity index (χ3n) is 1.54. The molecule has 1 aromatic rings. The van der Waals surface area contributed by atoms with Crippen LogP contribution in [0.25, 0.3) is 0 Å². The molecule has 1 aromatic heterocycles. The van der Waals surface area contributed by atoms with E-state index in [9.17, 15) is 0 Å². The van der Waals surface area contributed by atoms with Crippen molar-refractivity contribution in [3.05, 3.63) is 5.82 Å². The van der Waals surface area contributed by atoms with Gasteiger partial charge in [0.1, 0.15) is 5.82 Å². The highest BCUT2D eigenvalue weighted by molar-refractivity contribution is 8.00. The lowest BCUT2D eigenvalue weighted by Crippen LogP contribution is -1.85. The van der Waals surface area contributed by atoms with Crippen molar-refractivity contribution in [1.82, 2.24) is 9.36 Å². The van der Waals surface area contributed by atoms with E-state index in [-0.39, 0.29) is 0 Å². The van der Waals surface area contributed by atoms with Crippen molar-refractivity contribution in [2.24, 2.45) is 0 Å². The van der Waals surface area contributed by atoms with Gasteiger partial charge in [0, 0.05) is 12.4 Å². The Morgan fingerprint density at radius 2 is 2.23 bits per heavy atom. The Balaban J connectivity index is 2.06. The van der Waals surface area contributed by atoms with Gasteiger partial charge in [0.15, 0.2) is 4.34 Å². The van der Waals surface area contributed by atoms with E-state index in [1.807, 2.05) is 6.92 Å². The molecule has 0 fully saturated rings. The molecule has 13 heavy (non-hydrogen) atoms. The minimum absolute atomic E-state index is 0.308. The summed E-state index contributed by atoms with van der Waals surface area (Å²) in [6.45, 7) is 2.22. The highest BCUT2D eigenvalue weighted by atomic mass is 32.2. The predicted octanol–water partition coefficient (Wildman–Crippen LogP) is 2.10. The highest BCUT2D eigenvalue weighted by Crippen LogP contribution is 2.21. The van der Waals surface area contributed by atoms with E-state index in [4.69, 9.17) is 5.11 Å². The van der Waals surface area contributed by atoms with Crippen LogP contribution >= 0.6 is 23.3 Å². The summed E-state index contributed by atoms with van der Waals surface area (Å²) in [4.78, 5) is 4.25. The zero-order chi connectivity index (χ0) is 9.52. The van der Waals surface area contributed by atoms with Gasteiger partial charge in [-0.25, -0.2) is 4.98 Å². The molecule has 0 aliphatic carbocycles. The van der Waals surface area contributed by atoms with E-state index < -0.39 is 0 Å². The van der Waals surface area contributed by atoms with Gasteiger partial charge in [-0.1, -0.05) is 18.2 Å². The van der Waals surface area contributed by atoms with Gasteiger partial charge in [0.05, 0.1) is 0 Å². The molecule has 0 bridgehead atoms. The fourth-order valence-electron chi connectivity index (χ4n) is 0.887. The number of hydrogen-bond donors (Lipinski definition) is 1. The first-order valence-corrected chi connectivity index (χ1v) is 6.13. The fraction of sp³-hybridized carbons (Fsp3) is 0.750. The first-order valence-electron chi connectivity index (χ1n) is 4.37. The first kappa shape index (κ1) is 10.9. The van der Waals surface area contributed by atoms with Gasteiger partial charge in [-0.2, -0.15) is 4.37 Å². The Morgan fingerprint density at radius 3 is 2.85 bits per heavy atom. The van der Waals surface area contributed by atoms with Crippen molar-refractivity contribution in [3.8, 4) is 0 Å². The molecule has 0 aliphatic heterocycles. The normalized spacial score (nSPS) is 10.6. The Bertz CT molecular complexity index is 240. The van der Waals surface area contributed by atoms with E-state index in [0.717, 1.165) is 35.2 Å². The number of nitrogens with zero attached hydrogens (tertiary/aromatic N) is 2. The van der Waals surface area contributed by atoms with Crippen LogP contribution in [0.4, 0.5) is 0 Å². The van der Waals surface area contributed by atoms with Gasteiger partial charge >= 0.3 is 0 Å². The van der Waals surface area contributed by atoms with E-state index in [0.29, 0.717) is 6.61 Å². The molecule has 0 aromatic carbocycles. The number of aliphatic hydroxyl groups excluding tert-OH is 1. The molecular formula is C8H14N2OS2. The largest absolute Gasteiger partial charge is 0.396 e. The maximum atomic E-state index is 8.56. The Morgan fingerprint density at radius 1 is 1.38 bits per heavy atom. The average Bonchev–Trinajstić information content (AvgIpc) is 2.51. The van der Waals surface area contributed by atoms with Gasteiger partial charge in [0.25, 0.3) is 0 Å². The molecule has 3 nitrogen and oxygen atoms in total. The molecule has 0 radical (unpaired) electrons. The summed E-state index contributed by atoms with van der Waals surface area (Å²) in [5.41, 5.74) is 0. The summed E-state index contributed by atoms with van der Waals surface area (Å²) < 4.78 is 5.16. The topological polar surface area (TPSA) is 46.0 Å². The van der Waals surface area contributed by atoms with Crippen molar-refractivity contribution >= 4 is 23.3 Å². The number of aryl methyl sites for hydroxylation is 1. The lowest BCUT2D eigenvalue weighted by Gasteiger charge is -1.96. The second-order valence-corrected chi connectivity index (χ2v) is 4.83. The van der Waals surface area contributed by atoms with Crippen LogP contribution in [0.15, 0.2) is 4.34 Å². The summed E-state index contributed by atoms with van der Waals surface area (Å²) in [5, 5.41) is 8.56. The molecule has 0 saturated carbocycles. The molecule has 5 heteroatoms. The van der Waals surface area contributed by atoms with Crippen molar-refractivity contribution in [3.63, 3.8) is 0 Å². The van der Waals surface area contributed by atoms with Crippen LogP contribution in [0.1, 0.15) is 25.1 Å². The van der Waals surface area contributed by atoms with Crippen LogP contribution in [0.3, 0.4) is 0 Å². The molecule has 1 rings (SSSR count). The number of hydrogen-bond acceptors (Lipinski definition) is 5. The van der Waals surface area contributed by atoms with Crippen LogP contribution < -0.4 is 0 Å². The van der Waals surface area contributed by atoms with Crippen molar-refractivity contribution in [2.75, 3.05) is 12.4 Å². The summed E-state index contributed by atoms with van der Waals surface area (Å²) in [6, 6.07) is 0. The fourth-order valence-corrected chi connectivity index (χ4v) is 2.60. The number of aliphatic hydroxyl groups is 1. The van der Waals surface area contributed by atoms with Crippen LogP contribution in [0, 0.1) is 6.92 Å². The van der Waals surface area contributed by atoms with Crippen molar-refractivity contribution in [2.45, 2.75) is 30.5 Å². The van der Waals surface area contributed by atoms with Gasteiger partial charge in [-0.05, 0) is 31.3 Å². The molecule has 74 valence electrons. The van der Waals surface area contributed by atoms with Crippen LogP contribution in [0.5, 0.6) is 0 Å². The zero-order valence-electron chi connectivity index (χ0n) is 7.69. The van der Waals surface area contributed by atoms with E-state index >= 15 is 0 Å². The first-order chi connectivity index (χ1) is 6.33. The Hall–Kier alpha value is -0.130. The molecule has 0 amide bonds. The molecule has 0 aliphatic rings. The minimum Gasteiger partial charge on any atom is -0.396 e. The molecular weight excluding hydrogens is 204 g/mol. The lowest BCUT2D eigenvalue weighted by molar-refractivity contribution is 0.284. The second-order valence-electron chi connectivity index (χ2n) is 2.74. The molecule has 1 heterocycles. The third kappa shape index (κ3) is 4.59.